The summed E-state index contributed by atoms with van der Waals surface area (Å²) in [6, 6.07) is 3.55. The first-order valence-corrected chi connectivity index (χ1v) is 9.51. The molecule has 0 saturated carbocycles. The number of aliphatic imine (C=N–C) groups is 1. The lowest BCUT2D eigenvalue weighted by molar-refractivity contribution is -0.275. The number of hydrogen-bond acceptors (Lipinski definition) is 6. The quantitative estimate of drug-likeness (QED) is 0.580. The number of aromatic nitrogens is 3. The molecule has 12 heteroatoms. The normalized spacial score (nSPS) is 16.6. The molecule has 0 fully saturated rings. The van der Waals surface area contributed by atoms with Crippen LogP contribution in [0.25, 0.3) is 5.65 Å². The zero-order chi connectivity index (χ0) is 23.3. The van der Waals surface area contributed by atoms with Crippen molar-refractivity contribution in [2.24, 2.45) is 4.99 Å². The lowest BCUT2D eigenvalue weighted by Crippen LogP contribution is -2.34. The van der Waals surface area contributed by atoms with E-state index in [0.717, 1.165) is 18.2 Å². The first kappa shape index (κ1) is 21.5. The van der Waals surface area contributed by atoms with Crippen molar-refractivity contribution in [1.82, 2.24) is 19.9 Å². The molecule has 8 nitrogen and oxygen atoms in total. The first-order chi connectivity index (χ1) is 14.9. The predicted molar refractivity (Wildman–Crippen MR) is 107 cm³/mol. The van der Waals surface area contributed by atoms with Gasteiger partial charge in [-0.3, -0.25) is 9.79 Å². The van der Waals surface area contributed by atoms with Crippen molar-refractivity contribution in [3.63, 3.8) is 0 Å². The molecule has 2 aromatic heterocycles. The molecule has 1 aliphatic heterocycles. The summed E-state index contributed by atoms with van der Waals surface area (Å²) in [5, 5.41) is 9.82. The number of fused-ring (bicyclic) bond motifs is 1. The SMILES string of the molecule is C[C@@H](Nc1ccn2ncc(C3=NC(C)(C)C(=O)N3)c2n1)c1cc(F)ccc1OC(F)(F)F. The van der Waals surface area contributed by atoms with Crippen LogP contribution in [-0.4, -0.2) is 38.2 Å². The van der Waals surface area contributed by atoms with Gasteiger partial charge in [0, 0.05) is 11.8 Å². The second-order valence-corrected chi connectivity index (χ2v) is 7.71. The van der Waals surface area contributed by atoms with Gasteiger partial charge in [-0.15, -0.1) is 13.2 Å². The van der Waals surface area contributed by atoms with Gasteiger partial charge in [0.1, 0.15) is 28.8 Å². The summed E-state index contributed by atoms with van der Waals surface area (Å²) in [5.74, 6) is -0.882. The minimum absolute atomic E-state index is 0.0353. The molecule has 1 amide bonds. The zero-order valence-electron chi connectivity index (χ0n) is 17.2. The topological polar surface area (TPSA) is 92.9 Å². The fourth-order valence-electron chi connectivity index (χ4n) is 3.24. The van der Waals surface area contributed by atoms with Crippen molar-refractivity contribution in [1.29, 1.82) is 0 Å². The molecule has 3 aromatic rings. The Morgan fingerprint density at radius 1 is 1.25 bits per heavy atom. The molecule has 3 heterocycles. The molecule has 0 radical (unpaired) electrons. The standard InChI is InChI=1S/C20H18F4N6O2/c1-10(12-8-11(21)4-5-14(12)32-20(22,23)24)26-15-6-7-30-17(27-15)13(9-25-30)16-28-18(31)19(2,3)29-16/h4-10H,1-3H3,(H,26,27)(H,28,29,31)/t10-/m1/s1. The largest absolute Gasteiger partial charge is 0.573 e. The van der Waals surface area contributed by atoms with Gasteiger partial charge in [-0.05, 0) is 45.0 Å². The van der Waals surface area contributed by atoms with E-state index < -0.39 is 29.5 Å². The summed E-state index contributed by atoms with van der Waals surface area (Å²) in [6.07, 6.45) is -1.84. The number of anilines is 1. The predicted octanol–water partition coefficient (Wildman–Crippen LogP) is 3.60. The van der Waals surface area contributed by atoms with Crippen molar-refractivity contribution in [2.75, 3.05) is 5.32 Å². The van der Waals surface area contributed by atoms with Crippen LogP contribution in [0.15, 0.2) is 41.7 Å². The van der Waals surface area contributed by atoms with E-state index in [9.17, 15) is 22.4 Å². The Kier molecular flexibility index (Phi) is 5.02. The maximum atomic E-state index is 13.7. The Morgan fingerprint density at radius 2 is 2.00 bits per heavy atom. The third kappa shape index (κ3) is 4.20. The van der Waals surface area contributed by atoms with Crippen LogP contribution in [-0.2, 0) is 4.79 Å². The van der Waals surface area contributed by atoms with E-state index in [1.807, 2.05) is 0 Å². The number of amides is 1. The van der Waals surface area contributed by atoms with Crippen molar-refractivity contribution in [2.45, 2.75) is 38.7 Å². The van der Waals surface area contributed by atoms with E-state index in [2.05, 4.69) is 30.4 Å². The van der Waals surface area contributed by atoms with Crippen molar-refractivity contribution >= 4 is 23.2 Å². The maximum Gasteiger partial charge on any atom is 0.573 e. The number of carbonyl (C=O) groups is 1. The molecule has 0 aliphatic carbocycles. The summed E-state index contributed by atoms with van der Waals surface area (Å²) in [6.45, 7) is 4.89. The Balaban J connectivity index is 1.65. The molecule has 168 valence electrons. The number of benzene rings is 1. The number of nitrogens with one attached hydrogen (secondary N) is 2. The highest BCUT2D eigenvalue weighted by molar-refractivity contribution is 6.17. The molecule has 1 aliphatic rings. The lowest BCUT2D eigenvalue weighted by atomic mass is 10.1. The second-order valence-electron chi connectivity index (χ2n) is 7.71. The molecule has 0 saturated heterocycles. The van der Waals surface area contributed by atoms with Crippen LogP contribution in [0.4, 0.5) is 23.4 Å². The summed E-state index contributed by atoms with van der Waals surface area (Å²) in [4.78, 5) is 20.9. The molecule has 1 atom stereocenters. The minimum atomic E-state index is -4.92. The molecular formula is C20H18F4N6O2. The number of ether oxygens (including phenoxy) is 1. The summed E-state index contributed by atoms with van der Waals surface area (Å²) >= 11 is 0. The fraction of sp³-hybridized carbons (Fsp3) is 0.300. The Labute approximate surface area is 179 Å². The van der Waals surface area contributed by atoms with Crippen LogP contribution >= 0.6 is 0 Å². The van der Waals surface area contributed by atoms with Gasteiger partial charge in [-0.2, -0.15) is 5.10 Å². The van der Waals surface area contributed by atoms with E-state index in [4.69, 9.17) is 0 Å². The summed E-state index contributed by atoms with van der Waals surface area (Å²) < 4.78 is 57.4. The molecule has 0 bridgehead atoms. The number of hydrogen-bond donors (Lipinski definition) is 2. The third-order valence-corrected chi connectivity index (χ3v) is 4.83. The highest BCUT2D eigenvalue weighted by Crippen LogP contribution is 2.32. The molecule has 0 unspecified atom stereocenters. The van der Waals surface area contributed by atoms with Crippen LogP contribution in [0.1, 0.15) is 37.9 Å². The van der Waals surface area contributed by atoms with Crippen LogP contribution in [0.2, 0.25) is 0 Å². The molecule has 4 rings (SSSR count). The number of halogens is 4. The number of amidine groups is 1. The lowest BCUT2D eigenvalue weighted by Gasteiger charge is -2.19. The molecule has 2 N–H and O–H groups in total. The van der Waals surface area contributed by atoms with Gasteiger partial charge in [0.2, 0.25) is 0 Å². The van der Waals surface area contributed by atoms with Gasteiger partial charge in [-0.1, -0.05) is 0 Å². The van der Waals surface area contributed by atoms with Crippen molar-refractivity contribution in [3.8, 4) is 5.75 Å². The summed E-state index contributed by atoms with van der Waals surface area (Å²) in [5.41, 5.74) is -0.121. The Morgan fingerprint density at radius 3 is 2.66 bits per heavy atom. The van der Waals surface area contributed by atoms with Crippen LogP contribution in [0.3, 0.4) is 0 Å². The Hall–Kier alpha value is -3.70. The molecule has 0 spiro atoms. The van der Waals surface area contributed by atoms with E-state index in [1.165, 1.54) is 10.7 Å². The number of rotatable bonds is 5. The first-order valence-electron chi connectivity index (χ1n) is 9.51. The molecule has 32 heavy (non-hydrogen) atoms. The van der Waals surface area contributed by atoms with E-state index in [0.29, 0.717) is 17.0 Å². The fourth-order valence-corrected chi connectivity index (χ4v) is 3.24. The van der Waals surface area contributed by atoms with Gasteiger partial charge in [0.25, 0.3) is 5.91 Å². The van der Waals surface area contributed by atoms with Crippen LogP contribution < -0.4 is 15.4 Å². The van der Waals surface area contributed by atoms with Gasteiger partial charge in [-0.25, -0.2) is 13.9 Å². The number of nitrogens with zero attached hydrogens (tertiary/aromatic N) is 4. The van der Waals surface area contributed by atoms with Gasteiger partial charge < -0.3 is 15.4 Å². The average Bonchev–Trinajstić information content (AvgIpc) is 3.22. The van der Waals surface area contributed by atoms with Gasteiger partial charge >= 0.3 is 6.36 Å². The number of alkyl halides is 3. The molecular weight excluding hydrogens is 432 g/mol. The second kappa shape index (κ2) is 7.46. The van der Waals surface area contributed by atoms with Gasteiger partial charge in [0.05, 0.1) is 17.8 Å². The van der Waals surface area contributed by atoms with Crippen molar-refractivity contribution < 1.29 is 27.1 Å². The average molecular weight is 450 g/mol. The highest BCUT2D eigenvalue weighted by Gasteiger charge is 2.36. The minimum Gasteiger partial charge on any atom is -0.405 e. The summed E-state index contributed by atoms with van der Waals surface area (Å²) in [7, 11) is 0. The zero-order valence-corrected chi connectivity index (χ0v) is 17.2. The maximum absolute atomic E-state index is 13.7. The van der Waals surface area contributed by atoms with E-state index in [-0.39, 0.29) is 17.3 Å². The van der Waals surface area contributed by atoms with E-state index in [1.54, 1.807) is 33.0 Å². The van der Waals surface area contributed by atoms with Crippen molar-refractivity contribution in [3.05, 3.63) is 53.6 Å². The third-order valence-electron chi connectivity index (χ3n) is 4.83. The molecule has 1 aromatic carbocycles. The highest BCUT2D eigenvalue weighted by atomic mass is 19.4. The smallest absolute Gasteiger partial charge is 0.405 e. The van der Waals surface area contributed by atoms with Gasteiger partial charge in [0.15, 0.2) is 5.65 Å². The monoisotopic (exact) mass is 450 g/mol. The van der Waals surface area contributed by atoms with Crippen LogP contribution in [0, 0.1) is 5.82 Å². The number of carbonyl (C=O) groups excluding carboxylic acids is 1. The van der Waals surface area contributed by atoms with Crippen LogP contribution in [0.5, 0.6) is 5.75 Å². The Bertz CT molecular complexity index is 1230. The van der Waals surface area contributed by atoms with E-state index >= 15 is 0 Å².